The fourth-order valence-corrected chi connectivity index (χ4v) is 3.81. The zero-order valence-corrected chi connectivity index (χ0v) is 21.4. The number of amides is 1. The van der Waals surface area contributed by atoms with Gasteiger partial charge in [-0.2, -0.15) is 0 Å². The molecule has 1 amide bonds. The average Bonchev–Trinajstić information content (AvgIpc) is 3.49. The van der Waals surface area contributed by atoms with E-state index in [1.807, 2.05) is 0 Å². The van der Waals surface area contributed by atoms with Gasteiger partial charge in [0.05, 0.1) is 7.11 Å². The molecule has 2 heterocycles. The van der Waals surface area contributed by atoms with E-state index in [9.17, 15) is 14.4 Å². The van der Waals surface area contributed by atoms with Crippen molar-refractivity contribution >= 4 is 47.0 Å². The number of aliphatic imine (C=N–C) groups is 1. The van der Waals surface area contributed by atoms with Gasteiger partial charge >= 0.3 is 18.0 Å². The highest BCUT2D eigenvalue weighted by Crippen LogP contribution is 2.31. The molecule has 1 aromatic heterocycles. The van der Waals surface area contributed by atoms with Gasteiger partial charge < -0.3 is 18.9 Å². The lowest BCUT2D eigenvalue weighted by molar-refractivity contribution is -0.129. The largest absolute Gasteiger partial charge is 0.493 e. The van der Waals surface area contributed by atoms with Crippen molar-refractivity contribution in [2.24, 2.45) is 4.99 Å². The molecule has 10 heteroatoms. The SMILES string of the molecule is COc1ccc(C=C2N=C(c3ccc(NC(=O)OC(C)(C)C)cc3)OC2=O)cc1OC(=O)c1cccs1. The van der Waals surface area contributed by atoms with Crippen LogP contribution in [0.2, 0.25) is 0 Å². The molecule has 0 radical (unpaired) electrons. The second-order valence-electron chi connectivity index (χ2n) is 8.82. The van der Waals surface area contributed by atoms with Gasteiger partial charge in [-0.15, -0.1) is 11.3 Å². The summed E-state index contributed by atoms with van der Waals surface area (Å²) in [4.78, 5) is 41.5. The molecule has 3 aromatic rings. The molecule has 0 saturated heterocycles. The van der Waals surface area contributed by atoms with Gasteiger partial charge in [0.2, 0.25) is 5.90 Å². The smallest absolute Gasteiger partial charge is 0.412 e. The maximum absolute atomic E-state index is 12.5. The molecule has 37 heavy (non-hydrogen) atoms. The molecule has 0 spiro atoms. The maximum atomic E-state index is 12.5. The predicted octanol–water partition coefficient (Wildman–Crippen LogP) is 5.67. The van der Waals surface area contributed by atoms with Gasteiger partial charge in [0.25, 0.3) is 0 Å². The molecule has 0 atom stereocenters. The first-order valence-corrected chi connectivity index (χ1v) is 12.1. The number of thiophene rings is 1. The normalized spacial score (nSPS) is 14.1. The maximum Gasteiger partial charge on any atom is 0.412 e. The minimum Gasteiger partial charge on any atom is -0.493 e. The summed E-state index contributed by atoms with van der Waals surface area (Å²) in [6.07, 6.45) is 0.949. The van der Waals surface area contributed by atoms with Gasteiger partial charge in [0.1, 0.15) is 10.5 Å². The van der Waals surface area contributed by atoms with Crippen molar-refractivity contribution in [2.75, 3.05) is 12.4 Å². The second-order valence-corrected chi connectivity index (χ2v) is 9.77. The summed E-state index contributed by atoms with van der Waals surface area (Å²) in [5, 5.41) is 4.42. The third-order valence-electron chi connectivity index (χ3n) is 4.81. The molecule has 1 aliphatic heterocycles. The summed E-state index contributed by atoms with van der Waals surface area (Å²) in [6, 6.07) is 15.0. The molecule has 4 rings (SSSR count). The Morgan fingerprint density at radius 1 is 1.05 bits per heavy atom. The Balaban J connectivity index is 1.50. The number of benzene rings is 2. The monoisotopic (exact) mass is 520 g/mol. The predicted molar refractivity (Wildman–Crippen MR) is 139 cm³/mol. The Morgan fingerprint density at radius 3 is 2.46 bits per heavy atom. The Bertz CT molecular complexity index is 1390. The van der Waals surface area contributed by atoms with Gasteiger partial charge in [-0.05, 0) is 80.3 Å². The topological polar surface area (TPSA) is 113 Å². The van der Waals surface area contributed by atoms with E-state index < -0.39 is 23.6 Å². The Kier molecular flexibility index (Phi) is 7.40. The van der Waals surface area contributed by atoms with E-state index in [0.717, 1.165) is 0 Å². The number of methoxy groups -OCH3 is 1. The molecule has 9 nitrogen and oxygen atoms in total. The van der Waals surface area contributed by atoms with Crippen LogP contribution in [-0.4, -0.2) is 36.6 Å². The van der Waals surface area contributed by atoms with Gasteiger partial charge in [-0.3, -0.25) is 5.32 Å². The van der Waals surface area contributed by atoms with Crippen LogP contribution in [0.1, 0.15) is 41.6 Å². The summed E-state index contributed by atoms with van der Waals surface area (Å²) in [5.41, 5.74) is 1.08. The van der Waals surface area contributed by atoms with Crippen molar-refractivity contribution in [2.45, 2.75) is 26.4 Å². The van der Waals surface area contributed by atoms with E-state index in [1.165, 1.54) is 24.5 Å². The van der Waals surface area contributed by atoms with Crippen molar-refractivity contribution in [3.05, 3.63) is 81.7 Å². The number of cyclic esters (lactones) is 1. The summed E-state index contributed by atoms with van der Waals surface area (Å²) in [7, 11) is 1.47. The highest BCUT2D eigenvalue weighted by Gasteiger charge is 2.25. The Hall–Kier alpha value is -4.44. The van der Waals surface area contributed by atoms with E-state index in [4.69, 9.17) is 18.9 Å². The van der Waals surface area contributed by atoms with Gasteiger partial charge in [0.15, 0.2) is 17.2 Å². The lowest BCUT2D eigenvalue weighted by Gasteiger charge is -2.19. The molecule has 190 valence electrons. The van der Waals surface area contributed by atoms with Crippen molar-refractivity contribution in [1.82, 2.24) is 0 Å². The quantitative estimate of drug-likeness (QED) is 0.253. The van der Waals surface area contributed by atoms with Crippen LogP contribution in [0.3, 0.4) is 0 Å². The van der Waals surface area contributed by atoms with Crippen molar-refractivity contribution < 1.29 is 33.3 Å². The van der Waals surface area contributed by atoms with Crippen molar-refractivity contribution in [1.29, 1.82) is 0 Å². The van der Waals surface area contributed by atoms with Gasteiger partial charge in [0, 0.05) is 11.3 Å². The third kappa shape index (κ3) is 6.62. The zero-order chi connectivity index (χ0) is 26.6. The Morgan fingerprint density at radius 2 is 1.81 bits per heavy atom. The standard InChI is InChI=1S/C27H24N2O7S/c1-27(2,3)36-26(32)28-18-10-8-17(9-11-18)23-29-19(24(30)35-23)14-16-7-12-20(33-4)21(15-16)34-25(31)22-6-5-13-37-22/h5-15H,1-4H3,(H,28,32). The number of hydrogen-bond donors (Lipinski definition) is 1. The second kappa shape index (κ2) is 10.7. The van der Waals surface area contributed by atoms with E-state index in [0.29, 0.717) is 27.4 Å². The molecular formula is C27H24N2O7S. The van der Waals surface area contributed by atoms with Crippen LogP contribution in [0, 0.1) is 0 Å². The molecule has 2 aromatic carbocycles. The number of anilines is 1. The number of carbonyl (C=O) groups is 3. The summed E-state index contributed by atoms with van der Waals surface area (Å²) < 4.78 is 21.4. The minimum absolute atomic E-state index is 0.0756. The summed E-state index contributed by atoms with van der Waals surface area (Å²) in [6.45, 7) is 5.33. The van der Waals surface area contributed by atoms with Gasteiger partial charge in [-0.25, -0.2) is 19.4 Å². The van der Waals surface area contributed by atoms with Crippen molar-refractivity contribution in [3.8, 4) is 11.5 Å². The van der Waals surface area contributed by atoms with Crippen molar-refractivity contribution in [3.63, 3.8) is 0 Å². The number of nitrogens with zero attached hydrogens (tertiary/aromatic N) is 1. The van der Waals surface area contributed by atoms with Crippen LogP contribution < -0.4 is 14.8 Å². The summed E-state index contributed by atoms with van der Waals surface area (Å²) >= 11 is 1.27. The minimum atomic E-state index is -0.626. The zero-order valence-electron chi connectivity index (χ0n) is 20.6. The molecule has 0 aliphatic carbocycles. The average molecular weight is 521 g/mol. The van der Waals surface area contributed by atoms with E-state index in [2.05, 4.69) is 10.3 Å². The molecular weight excluding hydrogens is 496 g/mol. The number of ether oxygens (including phenoxy) is 4. The number of nitrogens with one attached hydrogen (secondary N) is 1. The summed E-state index contributed by atoms with van der Waals surface area (Å²) in [5.74, 6) is -0.440. The molecule has 0 fully saturated rings. The third-order valence-corrected chi connectivity index (χ3v) is 5.66. The number of rotatable bonds is 6. The van der Waals surface area contributed by atoms with Crippen LogP contribution in [0.25, 0.3) is 6.08 Å². The van der Waals surface area contributed by atoms with E-state index >= 15 is 0 Å². The number of hydrogen-bond acceptors (Lipinski definition) is 9. The Labute approximate surface area is 217 Å². The number of esters is 2. The van der Waals surface area contributed by atoms with Crippen LogP contribution in [0.4, 0.5) is 10.5 Å². The lowest BCUT2D eigenvalue weighted by Crippen LogP contribution is -2.27. The highest BCUT2D eigenvalue weighted by molar-refractivity contribution is 7.12. The van der Waals surface area contributed by atoms with E-state index in [1.54, 1.807) is 80.7 Å². The fourth-order valence-electron chi connectivity index (χ4n) is 3.22. The van der Waals surface area contributed by atoms with E-state index in [-0.39, 0.29) is 17.3 Å². The molecule has 1 N–H and O–H groups in total. The molecule has 0 bridgehead atoms. The fraction of sp³-hybridized carbons (Fsp3) is 0.185. The molecule has 0 unspecified atom stereocenters. The highest BCUT2D eigenvalue weighted by atomic mass is 32.1. The van der Waals surface area contributed by atoms with Crippen LogP contribution in [0.15, 0.2) is 70.7 Å². The van der Waals surface area contributed by atoms with Crippen LogP contribution >= 0.6 is 11.3 Å². The van der Waals surface area contributed by atoms with Crippen LogP contribution in [-0.2, 0) is 14.3 Å². The van der Waals surface area contributed by atoms with Crippen LogP contribution in [0.5, 0.6) is 11.5 Å². The first kappa shape index (κ1) is 25.6. The first-order valence-electron chi connectivity index (χ1n) is 11.2. The molecule has 1 aliphatic rings. The number of carbonyl (C=O) groups excluding carboxylic acids is 3. The molecule has 0 saturated carbocycles. The van der Waals surface area contributed by atoms with Gasteiger partial charge in [-0.1, -0.05) is 12.1 Å². The first-order chi connectivity index (χ1) is 17.6. The lowest BCUT2D eigenvalue weighted by atomic mass is 10.1.